The lowest BCUT2D eigenvalue weighted by Crippen LogP contribution is -2.54. The van der Waals surface area contributed by atoms with E-state index in [4.69, 9.17) is 25.5 Å². The first-order valence-corrected chi connectivity index (χ1v) is 18.3. The van der Waals surface area contributed by atoms with Crippen LogP contribution in [-0.2, 0) is 14.4 Å². The lowest BCUT2D eigenvalue weighted by molar-refractivity contribution is -0.192. The van der Waals surface area contributed by atoms with Gasteiger partial charge in [0.25, 0.3) is 11.8 Å². The Labute approximate surface area is 342 Å². The van der Waals surface area contributed by atoms with Crippen molar-refractivity contribution in [1.29, 1.82) is 0 Å². The summed E-state index contributed by atoms with van der Waals surface area (Å²) in [6.07, 6.45) is 7.77. The molecule has 0 bridgehead atoms. The van der Waals surface area contributed by atoms with Crippen molar-refractivity contribution in [2.75, 3.05) is 22.3 Å². The predicted molar refractivity (Wildman–Crippen MR) is 212 cm³/mol. The number of para-hydroxylation sites is 1. The number of hydrogen-bond acceptors (Lipinski definition) is 12. The summed E-state index contributed by atoms with van der Waals surface area (Å²) in [6, 6.07) is 23.0. The number of nitrogens with two attached hydrogens (primary N) is 1. The number of piperidine rings is 1. The van der Waals surface area contributed by atoms with Crippen LogP contribution in [0.5, 0.6) is 11.5 Å². The van der Waals surface area contributed by atoms with Gasteiger partial charge in [0.1, 0.15) is 42.0 Å². The van der Waals surface area contributed by atoms with Crippen LogP contribution in [0, 0.1) is 0 Å². The lowest BCUT2D eigenvalue weighted by Gasteiger charge is -2.28. The Morgan fingerprint density at radius 3 is 2.30 bits per heavy atom. The fourth-order valence-corrected chi connectivity index (χ4v) is 6.83. The van der Waals surface area contributed by atoms with E-state index in [0.29, 0.717) is 40.7 Å². The number of imide groups is 2. The van der Waals surface area contributed by atoms with E-state index in [1.807, 2.05) is 112 Å². The molecule has 4 amide bonds. The van der Waals surface area contributed by atoms with Crippen molar-refractivity contribution in [3.8, 4) is 28.4 Å². The Bertz CT molecular complexity index is 2780. The van der Waals surface area contributed by atoms with Gasteiger partial charge in [-0.05, 0) is 79.2 Å². The molecular weight excluding hydrogens is 802 g/mol. The third-order valence-corrected chi connectivity index (χ3v) is 9.73. The summed E-state index contributed by atoms with van der Waals surface area (Å²) >= 11 is 0. The third kappa shape index (κ3) is 7.83. The van der Waals surface area contributed by atoms with E-state index in [1.54, 1.807) is 22.9 Å². The van der Waals surface area contributed by atoms with Crippen molar-refractivity contribution in [3.63, 3.8) is 0 Å². The average Bonchev–Trinajstić information content (AvgIpc) is 3.88. The number of anilines is 2. The van der Waals surface area contributed by atoms with Gasteiger partial charge >= 0.3 is 12.1 Å². The van der Waals surface area contributed by atoms with Gasteiger partial charge < -0.3 is 20.5 Å². The number of carboxylic acid groups (broad SMARTS) is 1. The zero-order chi connectivity index (χ0) is 43.0. The zero-order valence-corrected chi connectivity index (χ0v) is 31.4. The largest absolute Gasteiger partial charge is 0.490 e. The van der Waals surface area contributed by atoms with Gasteiger partial charge in [0.2, 0.25) is 11.8 Å². The number of nitrogen functional groups attached to an aromatic ring is 1. The molecule has 1 unspecified atom stereocenters. The Morgan fingerprint density at radius 1 is 0.869 bits per heavy atom. The van der Waals surface area contributed by atoms with Gasteiger partial charge in [0, 0.05) is 36.3 Å². The molecule has 61 heavy (non-hydrogen) atoms. The van der Waals surface area contributed by atoms with E-state index in [2.05, 4.69) is 15.3 Å². The molecule has 1 saturated heterocycles. The monoisotopic (exact) mass is 832 g/mol. The van der Waals surface area contributed by atoms with E-state index in [1.165, 1.54) is 6.33 Å². The highest BCUT2D eigenvalue weighted by molar-refractivity contribution is 6.23. The normalized spacial score (nSPS) is 16.3. The molecule has 20 heteroatoms. The number of carboxylic acids is 1. The summed E-state index contributed by atoms with van der Waals surface area (Å²) in [6.45, 7) is 0.330. The maximum atomic E-state index is 13.5. The van der Waals surface area contributed by atoms with Crippen molar-refractivity contribution in [1.82, 2.24) is 34.6 Å². The predicted octanol–water partition coefficient (Wildman–Crippen LogP) is 5.14. The molecule has 1 atom stereocenters. The van der Waals surface area contributed by atoms with Crippen LogP contribution >= 0.6 is 0 Å². The highest BCUT2D eigenvalue weighted by Gasteiger charge is 2.45. The molecule has 3 aromatic heterocycles. The highest BCUT2D eigenvalue weighted by Crippen LogP contribution is 2.34. The van der Waals surface area contributed by atoms with Gasteiger partial charge in [-0.25, -0.2) is 19.4 Å². The smallest absolute Gasteiger partial charge is 0.475 e. The van der Waals surface area contributed by atoms with Gasteiger partial charge in [-0.2, -0.15) is 18.3 Å². The Morgan fingerprint density at radius 2 is 1.57 bits per heavy atom. The Kier molecular flexibility index (Phi) is 10.2. The van der Waals surface area contributed by atoms with Gasteiger partial charge in [-0.3, -0.25) is 39.1 Å². The summed E-state index contributed by atoms with van der Waals surface area (Å²) in [5.41, 5.74) is 10.2. The van der Waals surface area contributed by atoms with Gasteiger partial charge in [0.15, 0.2) is 5.65 Å². The fraction of sp³-hybridized carbons (Fsp3) is 0.122. The SMILES string of the molecule is Nc1ncnc2c1c(-c1ccc(Oc3ccccc3)cc1)nn2-c1ccn(N2C=CC=CN(c3ccc4c(c3)C(=O)N(C3CCC(=O)NC3=O)C4=O)C2)c1.O=C(O)C(F)(F)F. The number of nitrogens with zero attached hydrogens (tertiary/aromatic N) is 8. The number of carbonyl (C=O) groups is 5. The maximum absolute atomic E-state index is 13.5. The van der Waals surface area contributed by atoms with E-state index in [-0.39, 0.29) is 24.0 Å². The minimum Gasteiger partial charge on any atom is -0.475 e. The maximum Gasteiger partial charge on any atom is 0.490 e. The van der Waals surface area contributed by atoms with Crippen LogP contribution in [0.4, 0.5) is 24.7 Å². The van der Waals surface area contributed by atoms with Crippen molar-refractivity contribution < 1.29 is 47.0 Å². The van der Waals surface area contributed by atoms with Gasteiger partial charge in [-0.1, -0.05) is 18.2 Å². The highest BCUT2D eigenvalue weighted by atomic mass is 19.4. The first kappa shape index (κ1) is 39.5. The molecule has 0 saturated carbocycles. The number of ether oxygens (including phenoxy) is 1. The Hall–Kier alpha value is -8.29. The van der Waals surface area contributed by atoms with Crippen LogP contribution in [0.3, 0.4) is 0 Å². The number of alkyl halides is 3. The van der Waals surface area contributed by atoms with E-state index in [9.17, 15) is 32.3 Å². The first-order chi connectivity index (χ1) is 29.3. The number of aliphatic carboxylic acids is 1. The quantitative estimate of drug-likeness (QED) is 0.178. The van der Waals surface area contributed by atoms with Crippen LogP contribution < -0.4 is 25.7 Å². The summed E-state index contributed by atoms with van der Waals surface area (Å²) in [4.78, 5) is 71.5. The first-order valence-electron chi connectivity index (χ1n) is 18.3. The molecule has 0 radical (unpaired) electrons. The van der Waals surface area contributed by atoms with E-state index < -0.39 is 41.8 Å². The average molecular weight is 833 g/mol. The molecule has 0 spiro atoms. The van der Waals surface area contributed by atoms with Crippen LogP contribution in [-0.4, -0.2) is 82.9 Å². The Balaban J connectivity index is 0.000000678. The molecule has 17 nitrogen and oxygen atoms in total. The number of aromatic nitrogens is 5. The minimum absolute atomic E-state index is 0.0519. The molecule has 9 rings (SSSR count). The van der Waals surface area contributed by atoms with E-state index >= 15 is 0 Å². The van der Waals surface area contributed by atoms with Gasteiger partial charge in [-0.15, -0.1) is 0 Å². The van der Waals surface area contributed by atoms with Crippen molar-refractivity contribution in [3.05, 3.63) is 133 Å². The topological polar surface area (TPSA) is 211 Å². The number of halogens is 3. The lowest BCUT2D eigenvalue weighted by atomic mass is 10.0. The molecule has 4 N–H and O–H groups in total. The van der Waals surface area contributed by atoms with Crippen molar-refractivity contribution in [2.24, 2.45) is 0 Å². The van der Waals surface area contributed by atoms with Crippen LogP contribution in [0.15, 0.2) is 122 Å². The minimum atomic E-state index is -5.08. The number of rotatable bonds is 7. The molecule has 6 heterocycles. The van der Waals surface area contributed by atoms with Gasteiger partial charge in [0.05, 0.1) is 28.4 Å². The summed E-state index contributed by atoms with van der Waals surface area (Å²) in [5, 5.41) is 16.9. The number of nitrogens with one attached hydrogen (secondary N) is 1. The summed E-state index contributed by atoms with van der Waals surface area (Å²) < 4.78 is 41.3. The van der Waals surface area contributed by atoms with Crippen LogP contribution in [0.25, 0.3) is 28.0 Å². The molecule has 6 aromatic rings. The molecule has 0 aliphatic carbocycles. The summed E-state index contributed by atoms with van der Waals surface area (Å²) in [7, 11) is 0. The second kappa shape index (κ2) is 15.8. The van der Waals surface area contributed by atoms with Crippen molar-refractivity contribution >= 4 is 52.1 Å². The fourth-order valence-electron chi connectivity index (χ4n) is 6.83. The zero-order valence-electron chi connectivity index (χ0n) is 31.4. The number of carbonyl (C=O) groups excluding carboxylic acids is 4. The molecule has 3 aliphatic heterocycles. The standard InChI is InChI=1S/C39H30N10O5.C2HF3O2/c40-35-33-34(24-8-11-28(12-9-24)54-27-6-2-1-3-7-27)44-49(36(33)42-22-41-35)26-16-19-46(21-26)47-18-5-4-17-45(23-47)25-10-13-29-30(20-25)39(53)48(38(29)52)31-14-15-32(50)43-37(31)51;3-2(4,5)1(6)7/h1-13,16-22,31H,14-15,23H2,(H2,40,41,42)(H,43,50,51);(H,6,7). The second-order valence-electron chi connectivity index (χ2n) is 13.6. The summed E-state index contributed by atoms with van der Waals surface area (Å²) in [5.74, 6) is -3.24. The van der Waals surface area contributed by atoms with Crippen LogP contribution in [0.1, 0.15) is 33.6 Å². The number of allylic oxidation sites excluding steroid dienone is 2. The van der Waals surface area contributed by atoms with Crippen LogP contribution in [0.2, 0.25) is 0 Å². The number of benzene rings is 3. The molecule has 308 valence electrons. The second-order valence-corrected chi connectivity index (χ2v) is 13.6. The number of fused-ring (bicyclic) bond motifs is 2. The molecule has 1 fully saturated rings. The third-order valence-electron chi connectivity index (χ3n) is 9.73. The molecule has 3 aromatic carbocycles. The number of hydrogen-bond donors (Lipinski definition) is 3. The van der Waals surface area contributed by atoms with Crippen molar-refractivity contribution in [2.45, 2.75) is 25.1 Å². The molecular formula is C41H31F3N10O7. The van der Waals surface area contributed by atoms with E-state index in [0.717, 1.165) is 21.9 Å². The number of amides is 4. The molecule has 3 aliphatic rings.